The van der Waals surface area contributed by atoms with Gasteiger partial charge in [0.2, 0.25) is 0 Å². The van der Waals surface area contributed by atoms with E-state index in [1.807, 2.05) is 13.8 Å². The van der Waals surface area contributed by atoms with Crippen LogP contribution in [-0.4, -0.2) is 51.1 Å². The normalized spacial score (nSPS) is 11.3. The second-order valence-electron chi connectivity index (χ2n) is 6.72. The minimum Gasteiger partial charge on any atom is -0.466 e. The molecule has 0 fully saturated rings. The summed E-state index contributed by atoms with van der Waals surface area (Å²) in [5.41, 5.74) is 0. The van der Waals surface area contributed by atoms with Crippen LogP contribution in [0.1, 0.15) is 92.4 Å². The van der Waals surface area contributed by atoms with Gasteiger partial charge in [-0.2, -0.15) is 0 Å². The lowest BCUT2D eigenvalue weighted by Crippen LogP contribution is -2.18. The number of unbranched alkanes of at least 4 members (excludes halogenated alkanes) is 7. The molecule has 0 N–H and O–H groups in total. The van der Waals surface area contributed by atoms with Gasteiger partial charge in [0.25, 0.3) is 0 Å². The summed E-state index contributed by atoms with van der Waals surface area (Å²) in [6.07, 6.45) is 10.7. The standard InChI is InChI=1S/C15H30O3.C7H14O3/c1-4-5-6-7-8-9-10-11-12-17-13-14(2)18-15(3)16;1-3-9-6-5-7(8)10-4-2/h14H,4-13H2,1-3H3;3-6H2,1-2H3. The second-order valence-corrected chi connectivity index (χ2v) is 6.72. The molecule has 1 atom stereocenters. The van der Waals surface area contributed by atoms with Gasteiger partial charge < -0.3 is 18.9 Å². The van der Waals surface area contributed by atoms with E-state index in [-0.39, 0.29) is 18.0 Å². The predicted octanol–water partition coefficient (Wildman–Crippen LogP) is 5.07. The average Bonchev–Trinajstić information content (AvgIpc) is 2.64. The van der Waals surface area contributed by atoms with Gasteiger partial charge in [0.15, 0.2) is 0 Å². The van der Waals surface area contributed by atoms with Gasteiger partial charge in [-0.15, -0.1) is 0 Å². The molecule has 0 aliphatic rings. The van der Waals surface area contributed by atoms with E-state index in [2.05, 4.69) is 11.7 Å². The molecule has 0 spiro atoms. The summed E-state index contributed by atoms with van der Waals surface area (Å²) in [7, 11) is 0. The van der Waals surface area contributed by atoms with Crippen LogP contribution < -0.4 is 0 Å². The highest BCUT2D eigenvalue weighted by atomic mass is 16.6. The van der Waals surface area contributed by atoms with Crippen molar-refractivity contribution in [3.63, 3.8) is 0 Å². The maximum absolute atomic E-state index is 10.7. The molecule has 6 heteroatoms. The first-order chi connectivity index (χ1) is 13.5. The van der Waals surface area contributed by atoms with Crippen molar-refractivity contribution in [2.45, 2.75) is 98.5 Å². The molecule has 6 nitrogen and oxygen atoms in total. The van der Waals surface area contributed by atoms with Crippen molar-refractivity contribution in [3.8, 4) is 0 Å². The van der Waals surface area contributed by atoms with E-state index in [0.29, 0.717) is 32.8 Å². The Labute approximate surface area is 172 Å². The Bertz CT molecular complexity index is 346. The highest BCUT2D eigenvalue weighted by Crippen LogP contribution is 2.08. The van der Waals surface area contributed by atoms with Gasteiger partial charge >= 0.3 is 11.9 Å². The van der Waals surface area contributed by atoms with Crippen molar-refractivity contribution in [3.05, 3.63) is 0 Å². The molecule has 168 valence electrons. The van der Waals surface area contributed by atoms with Crippen LogP contribution in [0.3, 0.4) is 0 Å². The smallest absolute Gasteiger partial charge is 0.308 e. The summed E-state index contributed by atoms with van der Waals surface area (Å²) in [6.45, 7) is 12.1. The van der Waals surface area contributed by atoms with E-state index in [1.54, 1.807) is 6.92 Å². The Hall–Kier alpha value is -1.14. The lowest BCUT2D eigenvalue weighted by atomic mass is 10.1. The number of carbonyl (C=O) groups is 2. The van der Waals surface area contributed by atoms with Crippen molar-refractivity contribution < 1.29 is 28.5 Å². The lowest BCUT2D eigenvalue weighted by molar-refractivity contribution is -0.148. The molecule has 0 aromatic carbocycles. The number of hydrogen-bond acceptors (Lipinski definition) is 6. The quantitative estimate of drug-likeness (QED) is 0.249. The molecule has 0 heterocycles. The zero-order valence-corrected chi connectivity index (χ0v) is 18.9. The van der Waals surface area contributed by atoms with Crippen LogP contribution in [0.4, 0.5) is 0 Å². The lowest BCUT2D eigenvalue weighted by Gasteiger charge is -2.11. The van der Waals surface area contributed by atoms with Crippen molar-refractivity contribution in [1.82, 2.24) is 0 Å². The number of hydrogen-bond donors (Lipinski definition) is 0. The largest absolute Gasteiger partial charge is 0.466 e. The molecule has 0 amide bonds. The summed E-state index contributed by atoms with van der Waals surface area (Å²) in [5, 5.41) is 0. The van der Waals surface area contributed by atoms with Crippen LogP contribution in [0.25, 0.3) is 0 Å². The molecule has 0 rings (SSSR count). The molecular weight excluding hydrogens is 360 g/mol. The van der Waals surface area contributed by atoms with Crippen LogP contribution >= 0.6 is 0 Å². The van der Waals surface area contributed by atoms with Gasteiger partial charge in [0, 0.05) is 20.1 Å². The van der Waals surface area contributed by atoms with Gasteiger partial charge in [-0.3, -0.25) is 9.59 Å². The number of esters is 2. The topological polar surface area (TPSA) is 71.1 Å². The Morgan fingerprint density at radius 1 is 0.786 bits per heavy atom. The molecule has 0 saturated heterocycles. The predicted molar refractivity (Wildman–Crippen MR) is 112 cm³/mol. The maximum atomic E-state index is 10.7. The highest BCUT2D eigenvalue weighted by Gasteiger charge is 2.04. The van der Waals surface area contributed by atoms with Crippen molar-refractivity contribution >= 4 is 11.9 Å². The fourth-order valence-corrected chi connectivity index (χ4v) is 2.44. The minimum absolute atomic E-state index is 0.128. The molecule has 0 bridgehead atoms. The number of carbonyl (C=O) groups excluding carboxylic acids is 2. The van der Waals surface area contributed by atoms with Crippen LogP contribution in [0.2, 0.25) is 0 Å². The molecule has 0 aliphatic heterocycles. The SMILES string of the molecule is CCCCCCCCCCOCC(C)OC(C)=O.CCOCCC(=O)OCC. The van der Waals surface area contributed by atoms with Crippen LogP contribution in [0.5, 0.6) is 0 Å². The molecule has 0 aromatic rings. The molecular formula is C22H44O6. The molecule has 0 aliphatic carbocycles. The number of ether oxygens (including phenoxy) is 4. The van der Waals surface area contributed by atoms with E-state index >= 15 is 0 Å². The van der Waals surface area contributed by atoms with E-state index in [4.69, 9.17) is 14.2 Å². The molecule has 1 unspecified atom stereocenters. The highest BCUT2D eigenvalue weighted by molar-refractivity contribution is 5.69. The maximum Gasteiger partial charge on any atom is 0.308 e. The van der Waals surface area contributed by atoms with Crippen molar-refractivity contribution in [2.75, 3.05) is 33.0 Å². The fourth-order valence-electron chi connectivity index (χ4n) is 2.44. The van der Waals surface area contributed by atoms with E-state index in [0.717, 1.165) is 13.0 Å². The Morgan fingerprint density at radius 2 is 1.39 bits per heavy atom. The third kappa shape index (κ3) is 27.1. The van der Waals surface area contributed by atoms with E-state index < -0.39 is 0 Å². The molecule has 0 radical (unpaired) electrons. The van der Waals surface area contributed by atoms with Crippen LogP contribution in [0.15, 0.2) is 0 Å². The summed E-state index contributed by atoms with van der Waals surface area (Å²) in [4.78, 5) is 21.3. The van der Waals surface area contributed by atoms with Gasteiger partial charge in [0.1, 0.15) is 6.10 Å². The first-order valence-corrected chi connectivity index (χ1v) is 11.0. The monoisotopic (exact) mass is 404 g/mol. The average molecular weight is 405 g/mol. The summed E-state index contributed by atoms with van der Waals surface area (Å²) >= 11 is 0. The first kappa shape index (κ1) is 29.1. The molecule has 28 heavy (non-hydrogen) atoms. The Morgan fingerprint density at radius 3 is 1.93 bits per heavy atom. The number of rotatable bonds is 17. The second kappa shape index (κ2) is 23.9. The van der Waals surface area contributed by atoms with E-state index in [9.17, 15) is 9.59 Å². The van der Waals surface area contributed by atoms with Gasteiger partial charge in [-0.25, -0.2) is 0 Å². The zero-order chi connectivity index (χ0) is 21.5. The summed E-state index contributed by atoms with van der Waals surface area (Å²) < 4.78 is 20.1. The van der Waals surface area contributed by atoms with Crippen LogP contribution in [-0.2, 0) is 28.5 Å². The molecule has 0 saturated carbocycles. The van der Waals surface area contributed by atoms with Gasteiger partial charge in [0.05, 0.1) is 26.2 Å². The zero-order valence-electron chi connectivity index (χ0n) is 18.9. The van der Waals surface area contributed by atoms with Crippen molar-refractivity contribution in [1.29, 1.82) is 0 Å². The molecule has 0 aromatic heterocycles. The Balaban J connectivity index is 0. The van der Waals surface area contributed by atoms with Crippen molar-refractivity contribution in [2.24, 2.45) is 0 Å². The van der Waals surface area contributed by atoms with Crippen LogP contribution in [0, 0.1) is 0 Å². The third-order valence-corrected chi connectivity index (χ3v) is 3.82. The van der Waals surface area contributed by atoms with E-state index in [1.165, 1.54) is 51.9 Å². The van der Waals surface area contributed by atoms with Gasteiger partial charge in [-0.1, -0.05) is 51.9 Å². The van der Waals surface area contributed by atoms with Gasteiger partial charge in [-0.05, 0) is 27.2 Å². The third-order valence-electron chi connectivity index (χ3n) is 3.82. The fraction of sp³-hybridized carbons (Fsp3) is 0.909. The minimum atomic E-state index is -0.238. The Kier molecular flexibility index (Phi) is 24.8. The summed E-state index contributed by atoms with van der Waals surface area (Å²) in [5.74, 6) is -0.422. The first-order valence-electron chi connectivity index (χ1n) is 11.0. The summed E-state index contributed by atoms with van der Waals surface area (Å²) in [6, 6.07) is 0.